The maximum Gasteiger partial charge on any atom is 0.0417 e. The molecule has 0 fully saturated rings. The molecule has 19 heavy (non-hydrogen) atoms. The molecule has 3 heteroatoms. The third-order valence-electron chi connectivity index (χ3n) is 3.00. The van der Waals surface area contributed by atoms with E-state index in [1.807, 2.05) is 18.2 Å². The predicted octanol–water partition coefficient (Wildman–Crippen LogP) is 4.77. The molecule has 0 bridgehead atoms. The standard InChI is InChI=1S/C16H18ClNS/c1-2-14(18)10-12-6-3-4-9-16(12)19-15-8-5-7-13(17)11-15/h3-9,11,14H,2,10,18H2,1H3. The first-order chi connectivity index (χ1) is 9.19. The zero-order chi connectivity index (χ0) is 13.7. The second-order valence-electron chi connectivity index (χ2n) is 4.54. The van der Waals surface area contributed by atoms with Gasteiger partial charge in [0.2, 0.25) is 0 Å². The topological polar surface area (TPSA) is 26.0 Å². The minimum absolute atomic E-state index is 0.223. The Kier molecular flexibility index (Phi) is 5.32. The summed E-state index contributed by atoms with van der Waals surface area (Å²) in [5, 5.41) is 0.771. The summed E-state index contributed by atoms with van der Waals surface area (Å²) in [6, 6.07) is 16.6. The molecule has 0 radical (unpaired) electrons. The Bertz CT molecular complexity index is 542. The SMILES string of the molecule is CCC(N)Cc1ccccc1Sc1cccc(Cl)c1. The van der Waals surface area contributed by atoms with E-state index in [9.17, 15) is 0 Å². The Hall–Kier alpha value is -0.960. The second kappa shape index (κ2) is 6.99. The van der Waals surface area contributed by atoms with Crippen LogP contribution in [0.25, 0.3) is 0 Å². The molecule has 0 aliphatic carbocycles. The van der Waals surface area contributed by atoms with Gasteiger partial charge in [-0.05, 0) is 42.7 Å². The van der Waals surface area contributed by atoms with Crippen LogP contribution in [0.3, 0.4) is 0 Å². The third kappa shape index (κ3) is 4.27. The van der Waals surface area contributed by atoms with Crippen LogP contribution in [0, 0.1) is 0 Å². The van der Waals surface area contributed by atoms with Crippen molar-refractivity contribution in [2.45, 2.75) is 35.6 Å². The van der Waals surface area contributed by atoms with Gasteiger partial charge in [-0.3, -0.25) is 0 Å². The van der Waals surface area contributed by atoms with E-state index in [1.54, 1.807) is 11.8 Å². The maximum absolute atomic E-state index is 6.06. The summed E-state index contributed by atoms with van der Waals surface area (Å²) in [7, 11) is 0. The van der Waals surface area contributed by atoms with Crippen molar-refractivity contribution in [2.75, 3.05) is 0 Å². The Morgan fingerprint density at radius 3 is 2.68 bits per heavy atom. The zero-order valence-corrected chi connectivity index (χ0v) is 12.5. The Labute approximate surface area is 124 Å². The highest BCUT2D eigenvalue weighted by Gasteiger charge is 2.07. The zero-order valence-electron chi connectivity index (χ0n) is 11.0. The predicted molar refractivity (Wildman–Crippen MR) is 84.0 cm³/mol. The molecule has 0 aliphatic heterocycles. The lowest BCUT2D eigenvalue weighted by Crippen LogP contribution is -2.21. The van der Waals surface area contributed by atoms with Crippen LogP contribution in [0.5, 0.6) is 0 Å². The fourth-order valence-corrected chi connectivity index (χ4v) is 3.13. The van der Waals surface area contributed by atoms with Gasteiger partial charge in [0.25, 0.3) is 0 Å². The largest absolute Gasteiger partial charge is 0.327 e. The summed E-state index contributed by atoms with van der Waals surface area (Å²) >= 11 is 7.77. The van der Waals surface area contributed by atoms with Crippen molar-refractivity contribution >= 4 is 23.4 Å². The molecule has 100 valence electrons. The lowest BCUT2D eigenvalue weighted by atomic mass is 10.1. The number of benzene rings is 2. The average Bonchev–Trinajstić information content (AvgIpc) is 2.41. The molecule has 0 aromatic heterocycles. The van der Waals surface area contributed by atoms with Gasteiger partial charge in [0.05, 0.1) is 0 Å². The van der Waals surface area contributed by atoms with Crippen LogP contribution in [0.1, 0.15) is 18.9 Å². The van der Waals surface area contributed by atoms with Crippen LogP contribution < -0.4 is 5.73 Å². The lowest BCUT2D eigenvalue weighted by Gasteiger charge is -2.13. The Balaban J connectivity index is 2.20. The summed E-state index contributed by atoms with van der Waals surface area (Å²) in [5.74, 6) is 0. The lowest BCUT2D eigenvalue weighted by molar-refractivity contribution is 0.641. The van der Waals surface area contributed by atoms with E-state index in [2.05, 4.69) is 37.3 Å². The molecule has 1 atom stereocenters. The summed E-state index contributed by atoms with van der Waals surface area (Å²) in [6.07, 6.45) is 1.91. The van der Waals surface area contributed by atoms with Gasteiger partial charge < -0.3 is 5.73 Å². The fourth-order valence-electron chi connectivity index (χ4n) is 1.86. The highest BCUT2D eigenvalue weighted by Crippen LogP contribution is 2.32. The van der Waals surface area contributed by atoms with Crippen LogP contribution in [0.4, 0.5) is 0 Å². The Morgan fingerprint density at radius 2 is 1.95 bits per heavy atom. The van der Waals surface area contributed by atoms with Crippen LogP contribution in [0.15, 0.2) is 58.3 Å². The monoisotopic (exact) mass is 291 g/mol. The summed E-state index contributed by atoms with van der Waals surface area (Å²) < 4.78 is 0. The molecule has 2 aromatic rings. The van der Waals surface area contributed by atoms with Gasteiger partial charge in [-0.2, -0.15) is 0 Å². The molecule has 2 rings (SSSR count). The highest BCUT2D eigenvalue weighted by molar-refractivity contribution is 7.99. The smallest absolute Gasteiger partial charge is 0.0417 e. The first-order valence-corrected chi connectivity index (χ1v) is 7.65. The summed E-state index contributed by atoms with van der Waals surface area (Å²) in [6.45, 7) is 2.12. The molecule has 0 amide bonds. The van der Waals surface area contributed by atoms with E-state index in [1.165, 1.54) is 10.5 Å². The molecule has 2 aromatic carbocycles. The van der Waals surface area contributed by atoms with E-state index in [0.29, 0.717) is 0 Å². The number of halogens is 1. The highest BCUT2D eigenvalue weighted by atomic mass is 35.5. The van der Waals surface area contributed by atoms with E-state index < -0.39 is 0 Å². The molecular formula is C16H18ClNS. The number of hydrogen-bond donors (Lipinski definition) is 1. The number of rotatable bonds is 5. The number of nitrogens with two attached hydrogens (primary N) is 1. The minimum Gasteiger partial charge on any atom is -0.327 e. The molecule has 0 aliphatic rings. The van der Waals surface area contributed by atoms with Gasteiger partial charge in [0, 0.05) is 20.9 Å². The first kappa shape index (κ1) is 14.4. The van der Waals surface area contributed by atoms with Crippen molar-refractivity contribution < 1.29 is 0 Å². The molecular weight excluding hydrogens is 274 g/mol. The van der Waals surface area contributed by atoms with Gasteiger partial charge >= 0.3 is 0 Å². The van der Waals surface area contributed by atoms with Crippen molar-refractivity contribution in [3.05, 3.63) is 59.1 Å². The van der Waals surface area contributed by atoms with Gasteiger partial charge in [-0.1, -0.05) is 54.6 Å². The summed E-state index contributed by atoms with van der Waals surface area (Å²) in [5.41, 5.74) is 7.37. The molecule has 0 saturated carbocycles. The van der Waals surface area contributed by atoms with E-state index in [4.69, 9.17) is 17.3 Å². The molecule has 0 saturated heterocycles. The van der Waals surface area contributed by atoms with E-state index in [-0.39, 0.29) is 6.04 Å². The molecule has 1 nitrogen and oxygen atoms in total. The van der Waals surface area contributed by atoms with Crippen LogP contribution in [-0.2, 0) is 6.42 Å². The molecule has 1 unspecified atom stereocenters. The fraction of sp³-hybridized carbons (Fsp3) is 0.250. The normalized spacial score (nSPS) is 12.4. The number of hydrogen-bond acceptors (Lipinski definition) is 2. The van der Waals surface area contributed by atoms with Crippen molar-refractivity contribution in [3.8, 4) is 0 Å². The van der Waals surface area contributed by atoms with Crippen molar-refractivity contribution in [2.24, 2.45) is 5.73 Å². The van der Waals surface area contributed by atoms with Crippen LogP contribution in [-0.4, -0.2) is 6.04 Å². The maximum atomic E-state index is 6.06. The average molecular weight is 292 g/mol. The second-order valence-corrected chi connectivity index (χ2v) is 6.09. The van der Waals surface area contributed by atoms with Gasteiger partial charge in [0.1, 0.15) is 0 Å². The van der Waals surface area contributed by atoms with Gasteiger partial charge in [-0.25, -0.2) is 0 Å². The first-order valence-electron chi connectivity index (χ1n) is 6.46. The molecule has 0 heterocycles. The van der Waals surface area contributed by atoms with Crippen molar-refractivity contribution in [1.82, 2.24) is 0 Å². The minimum atomic E-state index is 0.223. The molecule has 0 spiro atoms. The van der Waals surface area contributed by atoms with Gasteiger partial charge in [0.15, 0.2) is 0 Å². The summed E-state index contributed by atoms with van der Waals surface area (Å²) in [4.78, 5) is 2.42. The van der Waals surface area contributed by atoms with E-state index in [0.717, 1.165) is 22.8 Å². The van der Waals surface area contributed by atoms with Crippen molar-refractivity contribution in [3.63, 3.8) is 0 Å². The molecule has 2 N–H and O–H groups in total. The van der Waals surface area contributed by atoms with E-state index >= 15 is 0 Å². The quantitative estimate of drug-likeness (QED) is 0.858. The Morgan fingerprint density at radius 1 is 1.16 bits per heavy atom. The van der Waals surface area contributed by atoms with Crippen LogP contribution in [0.2, 0.25) is 5.02 Å². The van der Waals surface area contributed by atoms with Crippen molar-refractivity contribution in [1.29, 1.82) is 0 Å². The van der Waals surface area contributed by atoms with Gasteiger partial charge in [-0.15, -0.1) is 0 Å². The third-order valence-corrected chi connectivity index (χ3v) is 4.35. The van der Waals surface area contributed by atoms with Crippen LogP contribution >= 0.6 is 23.4 Å².